The van der Waals surface area contributed by atoms with Gasteiger partial charge in [0, 0.05) is 28.0 Å². The molecule has 0 radical (unpaired) electrons. The van der Waals surface area contributed by atoms with Gasteiger partial charge in [0.25, 0.3) is 5.91 Å². The molecule has 1 heterocycles. The highest BCUT2D eigenvalue weighted by Gasteiger charge is 2.12. The highest BCUT2D eigenvalue weighted by Crippen LogP contribution is 2.22. The summed E-state index contributed by atoms with van der Waals surface area (Å²) in [5, 5.41) is 10.1. The molecule has 0 atom stereocenters. The quantitative estimate of drug-likeness (QED) is 0.377. The maximum atomic E-state index is 12.1. The number of nitrogens with zero attached hydrogens (tertiary/aromatic N) is 2. The van der Waals surface area contributed by atoms with Crippen LogP contribution in [0.2, 0.25) is 5.02 Å². The smallest absolute Gasteiger partial charge is 0.331 e. The number of ether oxygens (including phenoxy) is 1. The molecule has 2 amide bonds. The number of esters is 1. The molecule has 2 aromatic carbocycles. The van der Waals surface area contributed by atoms with Crippen LogP contribution in [0.15, 0.2) is 54.6 Å². The zero-order valence-corrected chi connectivity index (χ0v) is 19.8. The van der Waals surface area contributed by atoms with Crippen LogP contribution >= 0.6 is 11.6 Å². The molecule has 0 saturated heterocycles. The Morgan fingerprint density at radius 3 is 2.50 bits per heavy atom. The lowest BCUT2D eigenvalue weighted by atomic mass is 10.2. The first-order valence-corrected chi connectivity index (χ1v) is 10.9. The van der Waals surface area contributed by atoms with E-state index < -0.39 is 24.4 Å². The molecule has 0 fully saturated rings. The topological polar surface area (TPSA) is 102 Å². The number of carbonyl (C=O) groups excluding carboxylic acids is 3. The van der Waals surface area contributed by atoms with Gasteiger partial charge in [-0.1, -0.05) is 35.9 Å². The summed E-state index contributed by atoms with van der Waals surface area (Å²) in [5.41, 5.74) is 4.61. The Kier molecular flexibility index (Phi) is 8.21. The SMILES string of the molecule is Cc1nn(-c2ccccc2)c(C)c1/C=C/C(=O)OCC(=O)NCC(=O)Nc1cccc(Cl)c1C. The first-order chi connectivity index (χ1) is 16.3. The molecule has 0 bridgehead atoms. The molecule has 8 nitrogen and oxygen atoms in total. The van der Waals surface area contributed by atoms with Crippen molar-refractivity contribution in [3.05, 3.63) is 82.1 Å². The Morgan fingerprint density at radius 2 is 1.76 bits per heavy atom. The summed E-state index contributed by atoms with van der Waals surface area (Å²) in [5.74, 6) is -1.70. The zero-order chi connectivity index (χ0) is 24.7. The van der Waals surface area contributed by atoms with E-state index >= 15 is 0 Å². The van der Waals surface area contributed by atoms with Gasteiger partial charge < -0.3 is 15.4 Å². The lowest BCUT2D eigenvalue weighted by molar-refractivity contribution is -0.143. The fourth-order valence-electron chi connectivity index (χ4n) is 3.22. The van der Waals surface area contributed by atoms with Crippen molar-refractivity contribution >= 4 is 41.1 Å². The highest BCUT2D eigenvalue weighted by molar-refractivity contribution is 6.31. The van der Waals surface area contributed by atoms with Crippen LogP contribution in [0.25, 0.3) is 11.8 Å². The van der Waals surface area contributed by atoms with Crippen molar-refractivity contribution in [2.45, 2.75) is 20.8 Å². The van der Waals surface area contributed by atoms with Crippen LogP contribution in [0.3, 0.4) is 0 Å². The van der Waals surface area contributed by atoms with E-state index in [1.165, 1.54) is 6.08 Å². The van der Waals surface area contributed by atoms with Crippen molar-refractivity contribution in [2.75, 3.05) is 18.5 Å². The molecule has 0 saturated carbocycles. The molecule has 2 N–H and O–H groups in total. The summed E-state index contributed by atoms with van der Waals surface area (Å²) in [4.78, 5) is 36.1. The van der Waals surface area contributed by atoms with Gasteiger partial charge in [0.15, 0.2) is 6.61 Å². The van der Waals surface area contributed by atoms with Gasteiger partial charge in [0.05, 0.1) is 17.9 Å². The van der Waals surface area contributed by atoms with E-state index in [0.29, 0.717) is 10.7 Å². The zero-order valence-electron chi connectivity index (χ0n) is 19.1. The van der Waals surface area contributed by atoms with Gasteiger partial charge in [-0.05, 0) is 56.7 Å². The lowest BCUT2D eigenvalue weighted by Crippen LogP contribution is -2.35. The van der Waals surface area contributed by atoms with Crippen LogP contribution in [0.1, 0.15) is 22.5 Å². The molecule has 176 valence electrons. The van der Waals surface area contributed by atoms with Crippen LogP contribution in [0, 0.1) is 20.8 Å². The number of amides is 2. The average molecular weight is 481 g/mol. The van der Waals surface area contributed by atoms with Crippen LogP contribution < -0.4 is 10.6 Å². The van der Waals surface area contributed by atoms with Crippen LogP contribution in [0.5, 0.6) is 0 Å². The number of hydrogen-bond acceptors (Lipinski definition) is 5. The number of nitrogens with one attached hydrogen (secondary N) is 2. The van der Waals surface area contributed by atoms with Crippen molar-refractivity contribution < 1.29 is 19.1 Å². The molecule has 0 unspecified atom stereocenters. The molecule has 0 aliphatic carbocycles. The summed E-state index contributed by atoms with van der Waals surface area (Å²) in [7, 11) is 0. The molecule has 0 aliphatic rings. The third-order valence-corrected chi connectivity index (χ3v) is 5.48. The van der Waals surface area contributed by atoms with E-state index in [1.54, 1.807) is 35.9 Å². The minimum Gasteiger partial charge on any atom is -0.452 e. The number of anilines is 1. The Morgan fingerprint density at radius 1 is 1.03 bits per heavy atom. The molecule has 34 heavy (non-hydrogen) atoms. The summed E-state index contributed by atoms with van der Waals surface area (Å²) in [6, 6.07) is 14.8. The predicted octanol–water partition coefficient (Wildman–Crippen LogP) is 3.76. The van der Waals surface area contributed by atoms with Gasteiger partial charge in [-0.2, -0.15) is 5.10 Å². The fourth-order valence-corrected chi connectivity index (χ4v) is 3.39. The molecule has 3 aromatic rings. The van der Waals surface area contributed by atoms with Gasteiger partial charge in [-0.25, -0.2) is 9.48 Å². The average Bonchev–Trinajstić information content (AvgIpc) is 3.11. The maximum absolute atomic E-state index is 12.1. The van der Waals surface area contributed by atoms with Crippen molar-refractivity contribution in [1.29, 1.82) is 0 Å². The summed E-state index contributed by atoms with van der Waals surface area (Å²) < 4.78 is 6.76. The van der Waals surface area contributed by atoms with E-state index in [1.807, 2.05) is 44.2 Å². The number of aryl methyl sites for hydroxylation is 1. The van der Waals surface area contributed by atoms with Gasteiger partial charge in [0.2, 0.25) is 5.91 Å². The number of hydrogen-bond donors (Lipinski definition) is 2. The van der Waals surface area contributed by atoms with E-state index in [2.05, 4.69) is 15.7 Å². The number of benzene rings is 2. The minimum atomic E-state index is -0.680. The van der Waals surface area contributed by atoms with E-state index in [0.717, 1.165) is 28.2 Å². The summed E-state index contributed by atoms with van der Waals surface area (Å²) >= 11 is 6.03. The fraction of sp³-hybridized carbons (Fsp3) is 0.200. The second kappa shape index (κ2) is 11.3. The van der Waals surface area contributed by atoms with Gasteiger partial charge in [0.1, 0.15) is 0 Å². The molecular weight excluding hydrogens is 456 g/mol. The monoisotopic (exact) mass is 480 g/mol. The highest BCUT2D eigenvalue weighted by atomic mass is 35.5. The molecule has 0 spiro atoms. The van der Waals surface area contributed by atoms with Crippen molar-refractivity contribution in [3.63, 3.8) is 0 Å². The first kappa shape index (κ1) is 24.7. The maximum Gasteiger partial charge on any atom is 0.331 e. The number of carbonyl (C=O) groups is 3. The Balaban J connectivity index is 1.47. The van der Waals surface area contributed by atoms with Crippen molar-refractivity contribution in [3.8, 4) is 5.69 Å². The van der Waals surface area contributed by atoms with Gasteiger partial charge in [-0.3, -0.25) is 9.59 Å². The largest absolute Gasteiger partial charge is 0.452 e. The van der Waals surface area contributed by atoms with Crippen molar-refractivity contribution in [2.24, 2.45) is 0 Å². The second-order valence-electron chi connectivity index (χ2n) is 7.51. The first-order valence-electron chi connectivity index (χ1n) is 10.5. The second-order valence-corrected chi connectivity index (χ2v) is 7.92. The van der Waals surface area contributed by atoms with E-state index in [4.69, 9.17) is 16.3 Å². The Labute approximate surface area is 202 Å². The Bertz CT molecular complexity index is 1240. The lowest BCUT2D eigenvalue weighted by Gasteiger charge is -2.10. The van der Waals surface area contributed by atoms with Crippen LogP contribution in [0.4, 0.5) is 5.69 Å². The third-order valence-electron chi connectivity index (χ3n) is 5.07. The van der Waals surface area contributed by atoms with Gasteiger partial charge >= 0.3 is 5.97 Å². The number of halogens is 1. The van der Waals surface area contributed by atoms with E-state index in [-0.39, 0.29) is 6.54 Å². The summed E-state index contributed by atoms with van der Waals surface area (Å²) in [6.45, 7) is 4.75. The third kappa shape index (κ3) is 6.32. The van der Waals surface area contributed by atoms with Crippen LogP contribution in [-0.4, -0.2) is 40.7 Å². The Hall–Kier alpha value is -3.91. The summed E-state index contributed by atoms with van der Waals surface area (Å²) in [6.07, 6.45) is 2.85. The predicted molar refractivity (Wildman–Crippen MR) is 131 cm³/mol. The normalized spacial score (nSPS) is 10.8. The standard InChI is InChI=1S/C25H25ClN4O4/c1-16-21(26)10-7-11-22(16)28-23(31)14-27-24(32)15-34-25(33)13-12-20-17(2)29-30(18(20)3)19-8-5-4-6-9-19/h4-13H,14-15H2,1-3H3,(H,27,32)(H,28,31)/b13-12+. The molecule has 3 rings (SSSR count). The number of aromatic nitrogens is 2. The number of rotatable bonds is 8. The van der Waals surface area contributed by atoms with Gasteiger partial charge in [-0.15, -0.1) is 0 Å². The van der Waals surface area contributed by atoms with Crippen molar-refractivity contribution in [1.82, 2.24) is 15.1 Å². The van der Waals surface area contributed by atoms with E-state index in [9.17, 15) is 14.4 Å². The molecule has 1 aromatic heterocycles. The minimum absolute atomic E-state index is 0.269. The molecule has 0 aliphatic heterocycles. The molecular formula is C25H25ClN4O4. The molecule has 9 heteroatoms. The number of para-hydroxylation sites is 1. The van der Waals surface area contributed by atoms with Crippen LogP contribution in [-0.2, 0) is 19.1 Å².